The van der Waals surface area contributed by atoms with Gasteiger partial charge in [0.15, 0.2) is 6.10 Å². The molecule has 0 saturated heterocycles. The molecule has 0 heterocycles. The Balaban J connectivity index is 4.23. The first-order valence-electron chi connectivity index (χ1n) is 33.2. The Kier molecular flexibility index (Phi) is 63.3. The van der Waals surface area contributed by atoms with Crippen LogP contribution < -0.4 is 0 Å². The number of ether oxygens (including phenoxy) is 3. The number of esters is 3. The molecule has 0 saturated carbocycles. The molecule has 0 aliphatic carbocycles. The summed E-state index contributed by atoms with van der Waals surface area (Å²) in [6.45, 7) is 6.33. The van der Waals surface area contributed by atoms with Crippen LogP contribution in [-0.4, -0.2) is 37.2 Å². The lowest BCUT2D eigenvalue weighted by atomic mass is 10.0. The summed E-state index contributed by atoms with van der Waals surface area (Å²) < 4.78 is 16.8. The van der Waals surface area contributed by atoms with Crippen LogP contribution in [0.3, 0.4) is 0 Å². The van der Waals surface area contributed by atoms with Gasteiger partial charge in [-0.3, -0.25) is 14.4 Å². The molecular weight excluding hydrogens is 985 g/mol. The SMILES string of the molecule is CC/C=C\C/C=C\C/C=C\C/C=C\C/C=C\CCCCCCCCCCCCCCCCCCCC(=O)OCC(COC(=O)CC/C=C\C/C=C\C/C=C\C/C=C\CC)OC(=O)CCCCCCC/C=C\C/C=C\CCCCCC. The molecule has 0 rings (SSSR count). The lowest BCUT2D eigenvalue weighted by Crippen LogP contribution is -2.30. The predicted molar refractivity (Wildman–Crippen MR) is 348 cm³/mol. The Hall–Kier alpha value is -4.45. The molecule has 80 heavy (non-hydrogen) atoms. The van der Waals surface area contributed by atoms with Crippen LogP contribution >= 0.6 is 0 Å². The topological polar surface area (TPSA) is 78.9 Å². The van der Waals surface area contributed by atoms with E-state index in [9.17, 15) is 14.4 Å². The van der Waals surface area contributed by atoms with Crippen LogP contribution in [0.15, 0.2) is 134 Å². The molecule has 0 aromatic rings. The maximum Gasteiger partial charge on any atom is 0.306 e. The second-order valence-corrected chi connectivity index (χ2v) is 21.6. The summed E-state index contributed by atoms with van der Waals surface area (Å²) in [6, 6.07) is 0. The Morgan fingerprint density at radius 3 is 0.838 bits per heavy atom. The summed E-state index contributed by atoms with van der Waals surface area (Å²) in [7, 11) is 0. The van der Waals surface area contributed by atoms with E-state index in [1.807, 2.05) is 6.08 Å². The van der Waals surface area contributed by atoms with E-state index < -0.39 is 6.10 Å². The van der Waals surface area contributed by atoms with Crippen molar-refractivity contribution in [3.05, 3.63) is 134 Å². The zero-order valence-corrected chi connectivity index (χ0v) is 52.0. The molecule has 0 amide bonds. The van der Waals surface area contributed by atoms with Crippen molar-refractivity contribution in [1.82, 2.24) is 0 Å². The fourth-order valence-corrected chi connectivity index (χ4v) is 8.99. The number of unbranched alkanes of at least 4 members (excludes halogenated alkanes) is 26. The molecule has 0 aliphatic rings. The molecule has 0 fully saturated rings. The van der Waals surface area contributed by atoms with Gasteiger partial charge in [-0.25, -0.2) is 0 Å². The third kappa shape index (κ3) is 64.4. The minimum Gasteiger partial charge on any atom is -0.462 e. The van der Waals surface area contributed by atoms with Gasteiger partial charge in [0.25, 0.3) is 0 Å². The normalized spacial score (nSPS) is 13.0. The van der Waals surface area contributed by atoms with Gasteiger partial charge in [0.05, 0.1) is 0 Å². The van der Waals surface area contributed by atoms with Gasteiger partial charge in [0.2, 0.25) is 0 Å². The zero-order valence-electron chi connectivity index (χ0n) is 52.0. The van der Waals surface area contributed by atoms with Gasteiger partial charge in [-0.1, -0.05) is 289 Å². The van der Waals surface area contributed by atoms with Crippen molar-refractivity contribution in [2.24, 2.45) is 0 Å². The van der Waals surface area contributed by atoms with Crippen LogP contribution in [0.4, 0.5) is 0 Å². The Labute approximate surface area is 494 Å². The summed E-state index contributed by atoms with van der Waals surface area (Å²) >= 11 is 0. The van der Waals surface area contributed by atoms with Crippen LogP contribution in [0.2, 0.25) is 0 Å². The lowest BCUT2D eigenvalue weighted by Gasteiger charge is -2.18. The van der Waals surface area contributed by atoms with E-state index in [1.54, 1.807) is 0 Å². The summed E-state index contributed by atoms with van der Waals surface area (Å²) in [6.07, 6.45) is 94.9. The Morgan fingerprint density at radius 1 is 0.263 bits per heavy atom. The van der Waals surface area contributed by atoms with E-state index in [-0.39, 0.29) is 37.5 Å². The van der Waals surface area contributed by atoms with E-state index >= 15 is 0 Å². The number of carbonyl (C=O) groups excluding carboxylic acids is 3. The molecule has 6 heteroatoms. The first-order chi connectivity index (χ1) is 39.5. The van der Waals surface area contributed by atoms with Crippen molar-refractivity contribution in [2.75, 3.05) is 13.2 Å². The highest BCUT2D eigenvalue weighted by molar-refractivity contribution is 5.71. The van der Waals surface area contributed by atoms with E-state index in [0.717, 1.165) is 122 Å². The number of rotatable bonds is 59. The van der Waals surface area contributed by atoms with Crippen LogP contribution in [0, 0.1) is 0 Å². The molecule has 0 spiro atoms. The summed E-state index contributed by atoms with van der Waals surface area (Å²) in [5.74, 6) is -1.00. The second-order valence-electron chi connectivity index (χ2n) is 21.6. The second kappa shape index (κ2) is 67.1. The van der Waals surface area contributed by atoms with Crippen LogP contribution in [-0.2, 0) is 28.6 Å². The van der Waals surface area contributed by atoms with Gasteiger partial charge in [-0.2, -0.15) is 0 Å². The van der Waals surface area contributed by atoms with Gasteiger partial charge in [0, 0.05) is 19.3 Å². The molecule has 1 atom stereocenters. The van der Waals surface area contributed by atoms with Crippen molar-refractivity contribution in [3.8, 4) is 0 Å². The predicted octanol–water partition coefficient (Wildman–Crippen LogP) is 22.9. The van der Waals surface area contributed by atoms with Crippen molar-refractivity contribution in [2.45, 2.75) is 303 Å². The molecule has 0 N–H and O–H groups in total. The monoisotopic (exact) mass is 1110 g/mol. The fraction of sp³-hybridized carbons (Fsp3) is 0.662. The van der Waals surface area contributed by atoms with Gasteiger partial charge in [-0.05, 0) is 122 Å². The smallest absolute Gasteiger partial charge is 0.306 e. The van der Waals surface area contributed by atoms with E-state index in [4.69, 9.17) is 14.2 Å². The van der Waals surface area contributed by atoms with E-state index in [2.05, 4.69) is 148 Å². The molecular formula is C74H122O6. The Morgan fingerprint density at radius 2 is 0.512 bits per heavy atom. The molecule has 0 radical (unpaired) electrons. The third-order valence-corrected chi connectivity index (χ3v) is 13.9. The molecule has 0 bridgehead atoms. The molecule has 6 nitrogen and oxygen atoms in total. The minimum absolute atomic E-state index is 0.107. The standard InChI is InChI=1S/C74H122O6/c1-4-7-10-13-16-19-22-25-27-29-30-31-32-33-34-35-36-37-38-39-40-41-42-43-44-45-47-49-52-55-58-61-64-67-73(76)79-70-71(69-78-72(75)66-63-60-57-54-51-48-24-21-18-15-12-9-6-3)80-74(77)68-65-62-59-56-53-50-46-28-26-23-20-17-14-11-8-5-2/h7,9-10,12,16,18-21,23,25,27-28,30-31,33-34,46,48,51,57,60,71H,4-6,8,11,13-15,17,22,24,26,29,32,35-45,47,49-50,52-56,58-59,61-70H2,1-3H3/b10-7-,12-9-,19-16-,21-18-,23-20-,27-25-,31-30-,34-33-,46-28-,51-48-,60-57-. The average Bonchev–Trinajstić information content (AvgIpc) is 3.46. The van der Waals surface area contributed by atoms with Crippen LogP contribution in [0.25, 0.3) is 0 Å². The minimum atomic E-state index is -0.817. The van der Waals surface area contributed by atoms with Crippen molar-refractivity contribution >= 4 is 17.9 Å². The lowest BCUT2D eigenvalue weighted by molar-refractivity contribution is -0.166. The quantitative estimate of drug-likeness (QED) is 0.0261. The molecule has 454 valence electrons. The maximum atomic E-state index is 12.9. The highest BCUT2D eigenvalue weighted by Crippen LogP contribution is 2.16. The van der Waals surface area contributed by atoms with Crippen molar-refractivity contribution < 1.29 is 28.6 Å². The van der Waals surface area contributed by atoms with Gasteiger partial charge < -0.3 is 14.2 Å². The first-order valence-corrected chi connectivity index (χ1v) is 33.2. The molecule has 0 aromatic carbocycles. The van der Waals surface area contributed by atoms with Crippen LogP contribution in [0.5, 0.6) is 0 Å². The molecule has 1 unspecified atom stereocenters. The van der Waals surface area contributed by atoms with E-state index in [1.165, 1.54) is 128 Å². The maximum absolute atomic E-state index is 12.9. The Bertz CT molecular complexity index is 1700. The van der Waals surface area contributed by atoms with E-state index in [0.29, 0.717) is 19.3 Å². The van der Waals surface area contributed by atoms with Crippen molar-refractivity contribution in [1.29, 1.82) is 0 Å². The highest BCUT2D eigenvalue weighted by Gasteiger charge is 2.19. The fourth-order valence-electron chi connectivity index (χ4n) is 8.99. The number of hydrogen-bond acceptors (Lipinski definition) is 6. The highest BCUT2D eigenvalue weighted by atomic mass is 16.6. The average molecular weight is 1110 g/mol. The van der Waals surface area contributed by atoms with Gasteiger partial charge in [-0.15, -0.1) is 0 Å². The molecule has 0 aromatic heterocycles. The first kappa shape index (κ1) is 75.5. The van der Waals surface area contributed by atoms with Crippen molar-refractivity contribution in [3.63, 3.8) is 0 Å². The number of allylic oxidation sites excluding steroid dienone is 22. The van der Waals surface area contributed by atoms with Gasteiger partial charge >= 0.3 is 17.9 Å². The van der Waals surface area contributed by atoms with Gasteiger partial charge in [0.1, 0.15) is 13.2 Å². The summed E-state index contributed by atoms with van der Waals surface area (Å²) in [4.78, 5) is 38.2. The summed E-state index contributed by atoms with van der Waals surface area (Å²) in [5, 5.41) is 0. The molecule has 0 aliphatic heterocycles. The third-order valence-electron chi connectivity index (χ3n) is 13.9. The number of carbonyl (C=O) groups is 3. The largest absolute Gasteiger partial charge is 0.462 e. The summed E-state index contributed by atoms with van der Waals surface area (Å²) in [5.41, 5.74) is 0. The zero-order chi connectivity index (χ0) is 57.8. The number of hydrogen-bond donors (Lipinski definition) is 0. The van der Waals surface area contributed by atoms with Crippen LogP contribution in [0.1, 0.15) is 297 Å².